The molecule has 0 N–H and O–H groups in total. The number of rotatable bonds is 7. The fourth-order valence-corrected chi connectivity index (χ4v) is 11.6. The molecule has 16 aromatic rings. The van der Waals surface area contributed by atoms with Crippen molar-refractivity contribution in [3.05, 3.63) is 249 Å². The first kappa shape index (κ1) is 42.2. The van der Waals surface area contributed by atoms with Crippen molar-refractivity contribution in [2.75, 3.05) is 0 Å². The van der Waals surface area contributed by atoms with E-state index in [0.29, 0.717) is 17.7 Å². The molecule has 16 rings (SSSR count). The highest BCUT2D eigenvalue weighted by Crippen LogP contribution is 2.41. The van der Waals surface area contributed by atoms with Gasteiger partial charge < -0.3 is 8.83 Å². The van der Waals surface area contributed by atoms with Gasteiger partial charge in [-0.1, -0.05) is 170 Å². The highest BCUT2D eigenvalue weighted by atomic mass is 16.3. The van der Waals surface area contributed by atoms with Crippen LogP contribution in [0.1, 0.15) is 0 Å². The van der Waals surface area contributed by atoms with Gasteiger partial charge in [-0.25, -0.2) is 0 Å². The van der Waals surface area contributed by atoms with Crippen molar-refractivity contribution in [1.29, 1.82) is 0 Å². The molecule has 0 unspecified atom stereocenters. The van der Waals surface area contributed by atoms with Gasteiger partial charge in [-0.2, -0.15) is 15.0 Å². The maximum Gasteiger partial charge on any atom is 0.240 e. The molecule has 0 spiro atoms. The van der Waals surface area contributed by atoms with Crippen molar-refractivity contribution in [2.45, 2.75) is 0 Å². The topological polar surface area (TPSA) is 74.8 Å². The third-order valence-electron chi connectivity index (χ3n) is 15.2. The number of furan rings is 2. The lowest BCUT2D eigenvalue weighted by Crippen LogP contribution is -2.10. The van der Waals surface area contributed by atoms with Crippen LogP contribution < -0.4 is 0 Å². The van der Waals surface area contributed by atoms with Crippen LogP contribution in [0.3, 0.4) is 0 Å². The first-order valence-corrected chi connectivity index (χ1v) is 25.6. The number of nitrogens with zero attached hydrogens (tertiary/aromatic N) is 5. The van der Waals surface area contributed by atoms with Gasteiger partial charge in [-0.3, -0.25) is 9.13 Å². The number of aromatic nitrogens is 5. The van der Waals surface area contributed by atoms with Gasteiger partial charge >= 0.3 is 0 Å². The minimum absolute atomic E-state index is 0.512. The standard InChI is InChI=1S/C69H41N5O2/c1-3-15-42(16-4-1)44-27-32-49(43-17-5-2-6-18-43)58(41-44)67-70-68(73-59-23-11-7-19-50(59)54-37-45(28-33-61(54)73)47-30-35-65-56(39-47)52-21-9-13-25-63(52)75-65)72-69(71-67)74-60-24-12-8-20-51(60)55-38-46(29-34-62(55)74)48-31-36-66-57(40-48)53-22-10-14-26-64(53)76-66/h1-41H. The molecule has 0 amide bonds. The summed E-state index contributed by atoms with van der Waals surface area (Å²) in [4.78, 5) is 16.7. The number of hydrogen-bond donors (Lipinski definition) is 0. The molecule has 354 valence electrons. The van der Waals surface area contributed by atoms with E-state index < -0.39 is 0 Å². The number of hydrogen-bond acceptors (Lipinski definition) is 5. The van der Waals surface area contributed by atoms with E-state index in [9.17, 15) is 0 Å². The Morgan fingerprint density at radius 2 is 0.618 bits per heavy atom. The highest BCUT2D eigenvalue weighted by Gasteiger charge is 2.23. The normalized spacial score (nSPS) is 11.9. The summed E-state index contributed by atoms with van der Waals surface area (Å²) < 4.78 is 16.9. The lowest BCUT2D eigenvalue weighted by Gasteiger charge is -2.16. The Balaban J connectivity index is 0.940. The number of para-hydroxylation sites is 4. The number of fused-ring (bicyclic) bond motifs is 12. The molecule has 0 aliphatic heterocycles. The quantitative estimate of drug-likeness (QED) is 0.159. The van der Waals surface area contributed by atoms with Crippen LogP contribution in [0.4, 0.5) is 0 Å². The Bertz CT molecular complexity index is 4750. The van der Waals surface area contributed by atoms with Crippen LogP contribution in [-0.2, 0) is 0 Å². The van der Waals surface area contributed by atoms with Gasteiger partial charge in [0.15, 0.2) is 5.82 Å². The van der Waals surface area contributed by atoms with Crippen LogP contribution in [0.15, 0.2) is 258 Å². The van der Waals surface area contributed by atoms with Crippen molar-refractivity contribution in [2.24, 2.45) is 0 Å². The Kier molecular flexibility index (Phi) is 9.20. The predicted molar refractivity (Wildman–Crippen MR) is 310 cm³/mol. The fourth-order valence-electron chi connectivity index (χ4n) is 11.6. The zero-order valence-corrected chi connectivity index (χ0v) is 40.7. The van der Waals surface area contributed by atoms with E-state index >= 15 is 0 Å². The lowest BCUT2D eigenvalue weighted by atomic mass is 9.94. The summed E-state index contributed by atoms with van der Waals surface area (Å²) in [6.07, 6.45) is 0. The van der Waals surface area contributed by atoms with Crippen LogP contribution in [0, 0.1) is 0 Å². The van der Waals surface area contributed by atoms with Gasteiger partial charge in [-0.05, 0) is 123 Å². The van der Waals surface area contributed by atoms with Crippen LogP contribution in [-0.4, -0.2) is 24.1 Å². The van der Waals surface area contributed by atoms with E-state index in [1.54, 1.807) is 0 Å². The second kappa shape index (κ2) is 16.6. The van der Waals surface area contributed by atoms with Crippen molar-refractivity contribution in [1.82, 2.24) is 24.1 Å². The van der Waals surface area contributed by atoms with Crippen LogP contribution in [0.25, 0.3) is 155 Å². The predicted octanol–water partition coefficient (Wildman–Crippen LogP) is 18.2. The third kappa shape index (κ3) is 6.59. The second-order valence-corrected chi connectivity index (χ2v) is 19.5. The molecular formula is C69H41N5O2. The average Bonchev–Trinajstić information content (AvgIpc) is 4.30. The van der Waals surface area contributed by atoms with Gasteiger partial charge in [0.25, 0.3) is 0 Å². The van der Waals surface area contributed by atoms with Gasteiger partial charge in [0, 0.05) is 48.7 Å². The molecule has 11 aromatic carbocycles. The van der Waals surface area contributed by atoms with Gasteiger partial charge in [0.05, 0.1) is 22.1 Å². The zero-order chi connectivity index (χ0) is 49.8. The number of benzene rings is 11. The first-order valence-electron chi connectivity index (χ1n) is 25.6. The summed E-state index contributed by atoms with van der Waals surface area (Å²) in [5, 5.41) is 8.78. The summed E-state index contributed by atoms with van der Waals surface area (Å²) in [6, 6.07) is 87.6. The monoisotopic (exact) mass is 971 g/mol. The summed E-state index contributed by atoms with van der Waals surface area (Å²) in [5.74, 6) is 1.58. The van der Waals surface area contributed by atoms with Crippen LogP contribution in [0.2, 0.25) is 0 Å². The first-order chi connectivity index (χ1) is 37.6. The van der Waals surface area contributed by atoms with E-state index in [4.69, 9.17) is 23.8 Å². The molecular weight excluding hydrogens is 931 g/mol. The summed E-state index contributed by atoms with van der Waals surface area (Å²) >= 11 is 0. The van der Waals surface area contributed by atoms with E-state index in [-0.39, 0.29) is 0 Å². The smallest absolute Gasteiger partial charge is 0.240 e. The Labute approximate surface area is 434 Å². The lowest BCUT2D eigenvalue weighted by molar-refractivity contribution is 0.668. The molecule has 0 radical (unpaired) electrons. The molecule has 7 nitrogen and oxygen atoms in total. The van der Waals surface area contributed by atoms with Crippen molar-refractivity contribution >= 4 is 87.5 Å². The second-order valence-electron chi connectivity index (χ2n) is 19.5. The molecule has 0 saturated heterocycles. The van der Waals surface area contributed by atoms with Crippen molar-refractivity contribution in [3.63, 3.8) is 0 Å². The van der Waals surface area contributed by atoms with Gasteiger partial charge in [-0.15, -0.1) is 0 Å². The molecule has 0 saturated carbocycles. The summed E-state index contributed by atoms with van der Waals surface area (Å²) in [6.45, 7) is 0. The molecule has 76 heavy (non-hydrogen) atoms. The van der Waals surface area contributed by atoms with Gasteiger partial charge in [0.2, 0.25) is 11.9 Å². The molecule has 0 atom stereocenters. The average molecular weight is 972 g/mol. The Morgan fingerprint density at radius 1 is 0.237 bits per heavy atom. The highest BCUT2D eigenvalue weighted by molar-refractivity contribution is 6.13. The molecule has 0 aliphatic carbocycles. The van der Waals surface area contributed by atoms with Crippen molar-refractivity contribution < 1.29 is 8.83 Å². The van der Waals surface area contributed by atoms with Crippen molar-refractivity contribution in [3.8, 4) is 67.8 Å². The maximum atomic E-state index is 6.23. The Hall–Kier alpha value is -10.4. The minimum Gasteiger partial charge on any atom is -0.456 e. The fraction of sp³-hybridized carbons (Fsp3) is 0. The summed E-state index contributed by atoms with van der Waals surface area (Å²) in [5.41, 5.74) is 17.1. The third-order valence-corrected chi connectivity index (χ3v) is 15.2. The van der Waals surface area contributed by atoms with E-state index in [2.05, 4.69) is 234 Å². The zero-order valence-electron chi connectivity index (χ0n) is 40.7. The van der Waals surface area contributed by atoms with E-state index in [1.165, 1.54) is 0 Å². The molecule has 5 aromatic heterocycles. The molecule has 0 bridgehead atoms. The van der Waals surface area contributed by atoms with Crippen LogP contribution >= 0.6 is 0 Å². The molecule has 0 fully saturated rings. The largest absolute Gasteiger partial charge is 0.456 e. The summed E-state index contributed by atoms with van der Waals surface area (Å²) in [7, 11) is 0. The van der Waals surface area contributed by atoms with Gasteiger partial charge in [0.1, 0.15) is 22.3 Å². The molecule has 7 heteroatoms. The SMILES string of the molecule is c1ccc(-c2ccc(-c3ccccc3)c(-c3nc(-n4c5ccccc5c5cc(-c6ccc7oc8ccccc8c7c6)ccc54)nc(-n4c5ccccc5c5cc(-c6ccc7oc8ccccc8c7c6)ccc54)n3)c2)cc1. The minimum atomic E-state index is 0.512. The van der Waals surface area contributed by atoms with Crippen LogP contribution in [0.5, 0.6) is 0 Å². The van der Waals surface area contributed by atoms with E-state index in [0.717, 1.165) is 138 Å². The van der Waals surface area contributed by atoms with E-state index in [1.807, 2.05) is 24.3 Å². The molecule has 0 aliphatic rings. The maximum absolute atomic E-state index is 6.23. The Morgan fingerprint density at radius 3 is 1.14 bits per heavy atom. The molecule has 5 heterocycles.